The van der Waals surface area contributed by atoms with Gasteiger partial charge in [-0.05, 0) is 31.0 Å². The van der Waals surface area contributed by atoms with E-state index >= 15 is 0 Å². The molecule has 0 aromatic carbocycles. The average molecular weight is 297 g/mol. The quantitative estimate of drug-likeness (QED) is 0.581. The van der Waals surface area contributed by atoms with Gasteiger partial charge in [0, 0.05) is 18.4 Å². The molecular formula is C17H29ClN2. The van der Waals surface area contributed by atoms with Crippen molar-refractivity contribution >= 4 is 11.6 Å². The van der Waals surface area contributed by atoms with Gasteiger partial charge in [-0.1, -0.05) is 64.0 Å². The molecule has 3 heteroatoms. The number of nitrogens with one attached hydrogen (secondary N) is 1. The number of halogens is 1. The van der Waals surface area contributed by atoms with E-state index in [4.69, 9.17) is 11.6 Å². The van der Waals surface area contributed by atoms with Crippen molar-refractivity contribution in [2.45, 2.75) is 71.3 Å². The summed E-state index contributed by atoms with van der Waals surface area (Å²) in [5, 5.41) is 4.37. The SMILES string of the molecule is CCCCCCCCC(Cc1ccncc1Cl)NCC. The van der Waals surface area contributed by atoms with Gasteiger partial charge in [0.25, 0.3) is 0 Å². The summed E-state index contributed by atoms with van der Waals surface area (Å²) in [5.41, 5.74) is 1.21. The Balaban J connectivity index is 2.31. The summed E-state index contributed by atoms with van der Waals surface area (Å²) in [7, 11) is 0. The molecule has 1 aromatic heterocycles. The summed E-state index contributed by atoms with van der Waals surface area (Å²) in [6.45, 7) is 5.45. The summed E-state index contributed by atoms with van der Waals surface area (Å²) in [6, 6.07) is 2.57. The van der Waals surface area contributed by atoms with E-state index in [2.05, 4.69) is 24.1 Å². The molecule has 114 valence electrons. The summed E-state index contributed by atoms with van der Waals surface area (Å²) in [6.07, 6.45) is 13.9. The van der Waals surface area contributed by atoms with E-state index in [1.807, 2.05) is 12.3 Å². The summed E-state index contributed by atoms with van der Waals surface area (Å²) < 4.78 is 0. The van der Waals surface area contributed by atoms with E-state index in [9.17, 15) is 0 Å². The molecule has 1 aromatic rings. The van der Waals surface area contributed by atoms with E-state index in [-0.39, 0.29) is 0 Å². The first kappa shape index (κ1) is 17.5. The van der Waals surface area contributed by atoms with Crippen LogP contribution in [0.15, 0.2) is 18.5 Å². The van der Waals surface area contributed by atoms with Crippen LogP contribution in [-0.4, -0.2) is 17.6 Å². The van der Waals surface area contributed by atoms with E-state index < -0.39 is 0 Å². The Hall–Kier alpha value is -0.600. The van der Waals surface area contributed by atoms with E-state index in [0.29, 0.717) is 6.04 Å². The molecule has 1 N–H and O–H groups in total. The molecule has 0 bridgehead atoms. The topological polar surface area (TPSA) is 24.9 Å². The zero-order valence-electron chi connectivity index (χ0n) is 13.0. The van der Waals surface area contributed by atoms with Crippen LogP contribution in [0, 0.1) is 0 Å². The molecule has 1 atom stereocenters. The van der Waals surface area contributed by atoms with Gasteiger partial charge in [0.15, 0.2) is 0 Å². The van der Waals surface area contributed by atoms with Crippen molar-refractivity contribution < 1.29 is 0 Å². The first-order valence-electron chi connectivity index (χ1n) is 8.09. The summed E-state index contributed by atoms with van der Waals surface area (Å²) in [4.78, 5) is 4.05. The van der Waals surface area contributed by atoms with Gasteiger partial charge in [-0.2, -0.15) is 0 Å². The summed E-state index contributed by atoms with van der Waals surface area (Å²) in [5.74, 6) is 0. The number of pyridine rings is 1. The lowest BCUT2D eigenvalue weighted by atomic mass is 10.00. The van der Waals surface area contributed by atoms with Crippen molar-refractivity contribution in [1.82, 2.24) is 10.3 Å². The van der Waals surface area contributed by atoms with Crippen molar-refractivity contribution in [2.24, 2.45) is 0 Å². The average Bonchev–Trinajstić information content (AvgIpc) is 2.45. The van der Waals surface area contributed by atoms with Crippen LogP contribution >= 0.6 is 11.6 Å². The Morgan fingerprint density at radius 3 is 2.60 bits per heavy atom. The fraction of sp³-hybridized carbons (Fsp3) is 0.706. The highest BCUT2D eigenvalue weighted by atomic mass is 35.5. The molecule has 1 heterocycles. The molecule has 0 aliphatic carbocycles. The second-order valence-electron chi connectivity index (χ2n) is 5.48. The van der Waals surface area contributed by atoms with E-state index in [1.165, 1.54) is 50.5 Å². The molecule has 20 heavy (non-hydrogen) atoms. The van der Waals surface area contributed by atoms with Crippen LogP contribution in [-0.2, 0) is 6.42 Å². The predicted molar refractivity (Wildman–Crippen MR) is 88.4 cm³/mol. The highest BCUT2D eigenvalue weighted by Crippen LogP contribution is 2.18. The lowest BCUT2D eigenvalue weighted by Crippen LogP contribution is -2.31. The van der Waals surface area contributed by atoms with Crippen LogP contribution in [0.1, 0.15) is 64.4 Å². The first-order chi connectivity index (χ1) is 9.77. The molecular weight excluding hydrogens is 268 g/mol. The van der Waals surface area contributed by atoms with E-state index in [1.54, 1.807) is 6.20 Å². The second-order valence-corrected chi connectivity index (χ2v) is 5.89. The third-order valence-corrected chi connectivity index (χ3v) is 4.06. The van der Waals surface area contributed by atoms with Crippen molar-refractivity contribution in [1.29, 1.82) is 0 Å². The standard InChI is InChI=1S/C17H29ClN2/c1-3-5-6-7-8-9-10-16(20-4-2)13-15-11-12-19-14-17(15)18/h11-12,14,16,20H,3-10,13H2,1-2H3. The Kier molecular flexibility index (Phi) is 9.69. The number of hydrogen-bond acceptors (Lipinski definition) is 2. The van der Waals surface area contributed by atoms with Gasteiger partial charge in [0.2, 0.25) is 0 Å². The lowest BCUT2D eigenvalue weighted by Gasteiger charge is -2.18. The molecule has 2 nitrogen and oxygen atoms in total. The zero-order chi connectivity index (χ0) is 14.6. The fourth-order valence-electron chi connectivity index (χ4n) is 2.57. The van der Waals surface area contributed by atoms with Gasteiger partial charge in [-0.25, -0.2) is 0 Å². The Bertz CT molecular complexity index is 355. The molecule has 0 aliphatic heterocycles. The molecule has 0 saturated heterocycles. The minimum absolute atomic E-state index is 0.533. The number of rotatable bonds is 11. The Morgan fingerprint density at radius 2 is 1.90 bits per heavy atom. The van der Waals surface area contributed by atoms with Crippen LogP contribution in [0.5, 0.6) is 0 Å². The maximum Gasteiger partial charge on any atom is 0.0621 e. The van der Waals surface area contributed by atoms with Gasteiger partial charge >= 0.3 is 0 Å². The van der Waals surface area contributed by atoms with Crippen LogP contribution in [0.3, 0.4) is 0 Å². The third kappa shape index (κ3) is 7.25. The molecule has 0 saturated carbocycles. The van der Waals surface area contributed by atoms with Crippen LogP contribution in [0.2, 0.25) is 5.02 Å². The predicted octanol–water partition coefficient (Wildman–Crippen LogP) is 5.01. The van der Waals surface area contributed by atoms with Crippen molar-refractivity contribution in [3.63, 3.8) is 0 Å². The zero-order valence-corrected chi connectivity index (χ0v) is 13.8. The van der Waals surface area contributed by atoms with Crippen molar-refractivity contribution in [2.75, 3.05) is 6.54 Å². The van der Waals surface area contributed by atoms with Crippen LogP contribution in [0.25, 0.3) is 0 Å². The molecule has 1 unspecified atom stereocenters. The number of nitrogens with zero attached hydrogens (tertiary/aromatic N) is 1. The van der Waals surface area contributed by atoms with Gasteiger partial charge in [0.05, 0.1) is 5.02 Å². The summed E-state index contributed by atoms with van der Waals surface area (Å²) >= 11 is 6.20. The lowest BCUT2D eigenvalue weighted by molar-refractivity contribution is 0.459. The Labute approximate surface area is 129 Å². The van der Waals surface area contributed by atoms with Crippen LogP contribution in [0.4, 0.5) is 0 Å². The first-order valence-corrected chi connectivity index (χ1v) is 8.47. The monoisotopic (exact) mass is 296 g/mol. The Morgan fingerprint density at radius 1 is 1.15 bits per heavy atom. The molecule has 0 radical (unpaired) electrons. The minimum Gasteiger partial charge on any atom is -0.314 e. The van der Waals surface area contributed by atoms with Gasteiger partial charge < -0.3 is 5.32 Å². The molecule has 0 fully saturated rings. The smallest absolute Gasteiger partial charge is 0.0621 e. The molecule has 0 amide bonds. The number of hydrogen-bond donors (Lipinski definition) is 1. The van der Waals surface area contributed by atoms with Crippen molar-refractivity contribution in [3.05, 3.63) is 29.0 Å². The fourth-order valence-corrected chi connectivity index (χ4v) is 2.77. The third-order valence-electron chi connectivity index (χ3n) is 3.72. The molecule has 0 spiro atoms. The maximum absolute atomic E-state index is 6.20. The highest BCUT2D eigenvalue weighted by Gasteiger charge is 2.10. The largest absolute Gasteiger partial charge is 0.314 e. The van der Waals surface area contributed by atoms with Crippen LogP contribution < -0.4 is 5.32 Å². The number of unbranched alkanes of at least 4 members (excludes halogenated alkanes) is 5. The molecule has 0 aliphatic rings. The van der Waals surface area contributed by atoms with E-state index in [0.717, 1.165) is 18.0 Å². The minimum atomic E-state index is 0.533. The van der Waals surface area contributed by atoms with Gasteiger partial charge in [-0.3, -0.25) is 4.98 Å². The number of likely N-dealkylation sites (N-methyl/N-ethyl adjacent to an activating group) is 1. The highest BCUT2D eigenvalue weighted by molar-refractivity contribution is 6.31. The normalized spacial score (nSPS) is 12.6. The van der Waals surface area contributed by atoms with Gasteiger partial charge in [0.1, 0.15) is 0 Å². The van der Waals surface area contributed by atoms with Crippen molar-refractivity contribution in [3.8, 4) is 0 Å². The second kappa shape index (κ2) is 11.1. The maximum atomic E-state index is 6.20. The number of aromatic nitrogens is 1. The van der Waals surface area contributed by atoms with Gasteiger partial charge in [-0.15, -0.1) is 0 Å². The molecule has 1 rings (SSSR count).